The summed E-state index contributed by atoms with van der Waals surface area (Å²) in [6, 6.07) is 20.0. The van der Waals surface area contributed by atoms with Crippen LogP contribution in [0.4, 0.5) is 0 Å². The van der Waals surface area contributed by atoms with Crippen LogP contribution in [0.3, 0.4) is 0 Å². The first-order valence-electron chi connectivity index (χ1n) is 9.89. The highest BCUT2D eigenvalue weighted by Crippen LogP contribution is 2.41. The number of benzene rings is 2. The zero-order chi connectivity index (χ0) is 18.3. The highest BCUT2D eigenvalue weighted by molar-refractivity contribution is 8.76. The Kier molecular flexibility index (Phi) is 7.13. The number of rotatable bonds is 6. The predicted octanol–water partition coefficient (Wildman–Crippen LogP) is 7.57. The Labute approximate surface area is 174 Å². The van der Waals surface area contributed by atoms with Crippen LogP contribution in [0.5, 0.6) is 0 Å². The van der Waals surface area contributed by atoms with Crippen LogP contribution in [0.1, 0.15) is 50.5 Å². The maximum absolute atomic E-state index is 4.80. The van der Waals surface area contributed by atoms with E-state index < -0.39 is 0 Å². The molecule has 1 aliphatic rings. The standard InChI is InChI=1S/C22H26N2S3/c1-2-7-13-19(14-8-3-1)24(17-18-11-5-4-6-12-18)27-26-22-23-20-15-9-10-16-21(20)25-22/h4-6,9-12,15-16,19H,1-3,7-8,13-14,17H2. The summed E-state index contributed by atoms with van der Waals surface area (Å²) in [7, 11) is 3.73. The van der Waals surface area contributed by atoms with Gasteiger partial charge in [0.2, 0.25) is 0 Å². The summed E-state index contributed by atoms with van der Waals surface area (Å²) < 4.78 is 5.06. The van der Waals surface area contributed by atoms with Gasteiger partial charge in [0.15, 0.2) is 4.34 Å². The van der Waals surface area contributed by atoms with Gasteiger partial charge in [-0.1, -0.05) is 74.6 Å². The Balaban J connectivity index is 1.47. The van der Waals surface area contributed by atoms with Gasteiger partial charge >= 0.3 is 0 Å². The number of fused-ring (bicyclic) bond motifs is 1. The van der Waals surface area contributed by atoms with E-state index in [-0.39, 0.29) is 0 Å². The van der Waals surface area contributed by atoms with E-state index >= 15 is 0 Å². The van der Waals surface area contributed by atoms with Crippen molar-refractivity contribution < 1.29 is 0 Å². The minimum atomic E-state index is 0.664. The Morgan fingerprint density at radius 3 is 2.37 bits per heavy atom. The van der Waals surface area contributed by atoms with Gasteiger partial charge in [0.25, 0.3) is 0 Å². The monoisotopic (exact) mass is 414 g/mol. The quantitative estimate of drug-likeness (QED) is 0.305. The van der Waals surface area contributed by atoms with Gasteiger partial charge in [-0.15, -0.1) is 11.3 Å². The van der Waals surface area contributed by atoms with Crippen molar-refractivity contribution in [2.45, 2.75) is 61.9 Å². The smallest absolute Gasteiger partial charge is 0.162 e. The molecule has 0 unspecified atom stereocenters. The topological polar surface area (TPSA) is 16.1 Å². The summed E-state index contributed by atoms with van der Waals surface area (Å²) in [5, 5.41) is 0. The van der Waals surface area contributed by atoms with E-state index in [2.05, 4.69) is 58.9 Å². The fourth-order valence-corrected chi connectivity index (χ4v) is 7.29. The van der Waals surface area contributed by atoms with Crippen molar-refractivity contribution >= 4 is 43.3 Å². The maximum atomic E-state index is 4.80. The fraction of sp³-hybridized carbons (Fsp3) is 0.409. The number of thiazole rings is 1. The molecule has 1 aromatic heterocycles. The van der Waals surface area contributed by atoms with Gasteiger partial charge in [-0.05, 0) is 52.3 Å². The van der Waals surface area contributed by atoms with Crippen LogP contribution >= 0.6 is 33.1 Å². The van der Waals surface area contributed by atoms with Gasteiger partial charge in [-0.2, -0.15) is 0 Å². The summed E-state index contributed by atoms with van der Waals surface area (Å²) in [5.41, 5.74) is 2.52. The third-order valence-corrected chi connectivity index (χ3v) is 8.99. The van der Waals surface area contributed by atoms with Gasteiger partial charge in [0, 0.05) is 12.6 Å². The molecule has 1 fully saturated rings. The van der Waals surface area contributed by atoms with E-state index in [1.54, 1.807) is 11.3 Å². The van der Waals surface area contributed by atoms with Gasteiger partial charge in [-0.25, -0.2) is 9.29 Å². The van der Waals surface area contributed by atoms with Crippen molar-refractivity contribution in [3.8, 4) is 0 Å². The van der Waals surface area contributed by atoms with Crippen LogP contribution < -0.4 is 0 Å². The molecule has 5 heteroatoms. The molecule has 142 valence electrons. The summed E-state index contributed by atoms with van der Waals surface area (Å²) >= 11 is 1.80. The molecule has 0 amide bonds. The Bertz CT molecular complexity index is 793. The fourth-order valence-electron chi connectivity index (χ4n) is 3.67. The molecule has 27 heavy (non-hydrogen) atoms. The minimum Gasteiger partial charge on any atom is -0.233 e. The Morgan fingerprint density at radius 1 is 0.889 bits per heavy atom. The van der Waals surface area contributed by atoms with Crippen LogP contribution in [-0.4, -0.2) is 15.3 Å². The largest absolute Gasteiger partial charge is 0.233 e. The van der Waals surface area contributed by atoms with E-state index in [9.17, 15) is 0 Å². The second-order valence-corrected chi connectivity index (χ2v) is 10.6. The van der Waals surface area contributed by atoms with Crippen LogP contribution in [0.2, 0.25) is 0 Å². The average molecular weight is 415 g/mol. The summed E-state index contributed by atoms with van der Waals surface area (Å²) in [4.78, 5) is 4.80. The first-order chi connectivity index (χ1) is 13.4. The molecule has 0 bridgehead atoms. The molecule has 1 heterocycles. The van der Waals surface area contributed by atoms with Crippen molar-refractivity contribution in [2.24, 2.45) is 0 Å². The molecular weight excluding hydrogens is 388 g/mol. The van der Waals surface area contributed by atoms with Crippen molar-refractivity contribution in [3.63, 3.8) is 0 Å². The van der Waals surface area contributed by atoms with E-state index in [0.717, 1.165) is 16.4 Å². The first-order valence-corrected chi connectivity index (χ1v) is 12.8. The average Bonchev–Trinajstić information content (AvgIpc) is 3.09. The zero-order valence-electron chi connectivity index (χ0n) is 15.5. The van der Waals surface area contributed by atoms with E-state index in [4.69, 9.17) is 4.98 Å². The molecule has 2 nitrogen and oxygen atoms in total. The molecule has 0 atom stereocenters. The van der Waals surface area contributed by atoms with E-state index in [0.29, 0.717) is 6.04 Å². The Hall–Kier alpha value is -1.01. The van der Waals surface area contributed by atoms with Gasteiger partial charge in [0.05, 0.1) is 10.2 Å². The molecule has 0 radical (unpaired) electrons. The lowest BCUT2D eigenvalue weighted by Gasteiger charge is -2.31. The minimum absolute atomic E-state index is 0.664. The highest BCUT2D eigenvalue weighted by atomic mass is 33.1. The van der Waals surface area contributed by atoms with Crippen molar-refractivity contribution in [3.05, 3.63) is 60.2 Å². The third kappa shape index (κ3) is 5.50. The summed E-state index contributed by atoms with van der Waals surface area (Å²) in [5.74, 6) is 0. The first kappa shape index (κ1) is 19.3. The molecule has 4 rings (SSSR count). The molecule has 0 spiro atoms. The number of nitrogens with zero attached hydrogens (tertiary/aromatic N) is 2. The lowest BCUT2D eigenvalue weighted by Crippen LogP contribution is -2.29. The van der Waals surface area contributed by atoms with E-state index in [1.165, 1.54) is 55.2 Å². The van der Waals surface area contributed by atoms with Crippen LogP contribution in [0.25, 0.3) is 10.2 Å². The number of hydrogen-bond donors (Lipinski definition) is 0. The third-order valence-electron chi connectivity index (χ3n) is 5.14. The summed E-state index contributed by atoms with van der Waals surface area (Å²) in [6.45, 7) is 1.01. The molecule has 3 aromatic rings. The molecule has 1 aliphatic carbocycles. The molecule has 0 N–H and O–H groups in total. The second kappa shape index (κ2) is 9.97. The molecular formula is C22H26N2S3. The Morgan fingerprint density at radius 2 is 1.59 bits per heavy atom. The normalized spacial score (nSPS) is 16.5. The van der Waals surface area contributed by atoms with Crippen molar-refractivity contribution in [1.82, 2.24) is 9.29 Å². The van der Waals surface area contributed by atoms with Gasteiger partial charge in [-0.3, -0.25) is 0 Å². The summed E-state index contributed by atoms with van der Waals surface area (Å²) in [6.07, 6.45) is 9.57. The number of para-hydroxylation sites is 1. The SMILES string of the molecule is c1ccc(CN(SSc2nc3ccccc3s2)C2CCCCCCC2)cc1. The van der Waals surface area contributed by atoms with Gasteiger partial charge in [0.1, 0.15) is 0 Å². The lowest BCUT2D eigenvalue weighted by molar-refractivity contribution is 0.284. The molecule has 0 aliphatic heterocycles. The predicted molar refractivity (Wildman–Crippen MR) is 121 cm³/mol. The van der Waals surface area contributed by atoms with Gasteiger partial charge < -0.3 is 0 Å². The van der Waals surface area contributed by atoms with Crippen molar-refractivity contribution in [2.75, 3.05) is 0 Å². The van der Waals surface area contributed by atoms with Crippen LogP contribution in [-0.2, 0) is 6.54 Å². The molecule has 2 aromatic carbocycles. The van der Waals surface area contributed by atoms with Crippen LogP contribution in [0.15, 0.2) is 58.9 Å². The molecule has 1 saturated carbocycles. The van der Waals surface area contributed by atoms with E-state index in [1.807, 2.05) is 21.8 Å². The zero-order valence-corrected chi connectivity index (χ0v) is 18.0. The lowest BCUT2D eigenvalue weighted by atomic mass is 9.96. The van der Waals surface area contributed by atoms with Crippen LogP contribution in [0, 0.1) is 0 Å². The molecule has 0 saturated heterocycles. The second-order valence-electron chi connectivity index (χ2n) is 7.17. The number of aromatic nitrogens is 1. The van der Waals surface area contributed by atoms with Crippen molar-refractivity contribution in [1.29, 1.82) is 0 Å². The number of hydrogen-bond acceptors (Lipinski definition) is 5. The maximum Gasteiger partial charge on any atom is 0.162 e. The highest BCUT2D eigenvalue weighted by Gasteiger charge is 2.21.